The summed E-state index contributed by atoms with van der Waals surface area (Å²) in [4.78, 5) is 23.5. The van der Waals surface area contributed by atoms with E-state index in [0.717, 1.165) is 12.8 Å². The number of aromatic amines is 1. The van der Waals surface area contributed by atoms with E-state index in [-0.39, 0.29) is 22.9 Å². The van der Waals surface area contributed by atoms with E-state index in [1.54, 1.807) is 4.57 Å². The second-order valence-electron chi connectivity index (χ2n) is 5.31. The van der Waals surface area contributed by atoms with Gasteiger partial charge >= 0.3 is 5.69 Å². The van der Waals surface area contributed by atoms with Gasteiger partial charge in [0.2, 0.25) is 5.91 Å². The molecule has 106 valence electrons. The van der Waals surface area contributed by atoms with Crippen LogP contribution in [0.2, 0.25) is 0 Å². The number of nitrogens with zero attached hydrogens (tertiary/aromatic N) is 2. The van der Waals surface area contributed by atoms with Gasteiger partial charge in [0.05, 0.1) is 5.25 Å². The van der Waals surface area contributed by atoms with Crippen LogP contribution in [-0.2, 0) is 4.79 Å². The average Bonchev–Trinajstić information content (AvgIpc) is 3.12. The summed E-state index contributed by atoms with van der Waals surface area (Å²) >= 11 is 1.33. The van der Waals surface area contributed by atoms with Crippen LogP contribution in [0.5, 0.6) is 0 Å². The molecule has 0 radical (unpaired) electrons. The van der Waals surface area contributed by atoms with Crippen molar-refractivity contribution in [2.45, 2.75) is 50.1 Å². The van der Waals surface area contributed by atoms with Gasteiger partial charge in [0.1, 0.15) is 0 Å². The lowest BCUT2D eigenvalue weighted by molar-refractivity contribution is -0.120. The molecule has 7 heteroatoms. The van der Waals surface area contributed by atoms with Crippen molar-refractivity contribution in [3.8, 4) is 0 Å². The number of amides is 1. The Hall–Kier alpha value is -1.24. The molecule has 2 rings (SSSR count). The Labute approximate surface area is 116 Å². The first-order valence-corrected chi connectivity index (χ1v) is 7.48. The molecule has 1 aromatic heterocycles. The highest BCUT2D eigenvalue weighted by molar-refractivity contribution is 8.00. The Morgan fingerprint density at radius 1 is 1.53 bits per heavy atom. The molecule has 1 aliphatic rings. The molecule has 1 saturated carbocycles. The summed E-state index contributed by atoms with van der Waals surface area (Å²) in [7, 11) is 0. The third-order valence-corrected chi connectivity index (χ3v) is 3.99. The number of aromatic nitrogens is 3. The highest BCUT2D eigenvalue weighted by atomic mass is 32.2. The van der Waals surface area contributed by atoms with Crippen molar-refractivity contribution >= 4 is 17.7 Å². The van der Waals surface area contributed by atoms with E-state index in [9.17, 15) is 9.59 Å². The van der Waals surface area contributed by atoms with Gasteiger partial charge in [-0.25, -0.2) is 9.89 Å². The van der Waals surface area contributed by atoms with Crippen molar-refractivity contribution in [2.24, 2.45) is 5.92 Å². The third kappa shape index (κ3) is 3.62. The first kappa shape index (κ1) is 14.2. The normalized spacial score (nSPS) is 16.6. The van der Waals surface area contributed by atoms with Gasteiger partial charge in [-0.3, -0.25) is 9.36 Å². The minimum atomic E-state index is -0.258. The molecule has 1 atom stereocenters. The van der Waals surface area contributed by atoms with Crippen molar-refractivity contribution in [1.29, 1.82) is 0 Å². The van der Waals surface area contributed by atoms with Gasteiger partial charge < -0.3 is 5.32 Å². The molecule has 0 saturated heterocycles. The molecule has 0 aliphatic heterocycles. The number of H-pyrrole nitrogens is 1. The molecule has 1 fully saturated rings. The van der Waals surface area contributed by atoms with E-state index in [2.05, 4.69) is 29.4 Å². The molecule has 0 spiro atoms. The van der Waals surface area contributed by atoms with Gasteiger partial charge in [-0.05, 0) is 25.7 Å². The van der Waals surface area contributed by atoms with Gasteiger partial charge in [0, 0.05) is 12.6 Å². The topological polar surface area (TPSA) is 79.8 Å². The van der Waals surface area contributed by atoms with Crippen LogP contribution in [0.3, 0.4) is 0 Å². The fraction of sp³-hybridized carbons (Fsp3) is 0.750. The third-order valence-electron chi connectivity index (χ3n) is 2.92. The standard InChI is InChI=1S/C12H20N4O2S/c1-7(2)6-13-10(17)8(3)19-12-15-14-11(18)16(12)9-4-5-9/h7-9H,4-6H2,1-3H3,(H,13,17)(H,14,18)/t8-/m1/s1. The second kappa shape index (κ2) is 5.81. The molecule has 19 heavy (non-hydrogen) atoms. The highest BCUT2D eigenvalue weighted by Gasteiger charge is 2.30. The van der Waals surface area contributed by atoms with Crippen molar-refractivity contribution in [1.82, 2.24) is 20.1 Å². The summed E-state index contributed by atoms with van der Waals surface area (Å²) in [6.07, 6.45) is 2.03. The lowest BCUT2D eigenvalue weighted by Gasteiger charge is -2.13. The summed E-state index contributed by atoms with van der Waals surface area (Å²) in [5.74, 6) is 0.410. The van der Waals surface area contributed by atoms with E-state index >= 15 is 0 Å². The quantitative estimate of drug-likeness (QED) is 0.768. The Morgan fingerprint density at radius 2 is 2.21 bits per heavy atom. The summed E-state index contributed by atoms with van der Waals surface area (Å²) in [5.41, 5.74) is -0.181. The van der Waals surface area contributed by atoms with Crippen LogP contribution in [0.4, 0.5) is 0 Å². The SMILES string of the molecule is CC(C)CNC(=O)[C@@H](C)Sc1n[nH]c(=O)n1C1CC1. The van der Waals surface area contributed by atoms with Crippen LogP contribution in [0.15, 0.2) is 9.95 Å². The number of carbonyl (C=O) groups is 1. The molecule has 1 amide bonds. The van der Waals surface area contributed by atoms with Gasteiger partial charge in [0.25, 0.3) is 0 Å². The smallest absolute Gasteiger partial charge is 0.344 e. The fourth-order valence-electron chi connectivity index (χ4n) is 1.69. The zero-order chi connectivity index (χ0) is 14.0. The predicted molar refractivity (Wildman–Crippen MR) is 74.3 cm³/mol. The van der Waals surface area contributed by atoms with Crippen molar-refractivity contribution in [2.75, 3.05) is 6.54 Å². The molecular formula is C12H20N4O2S. The minimum absolute atomic E-state index is 0.0171. The van der Waals surface area contributed by atoms with Gasteiger partial charge in [-0.1, -0.05) is 25.6 Å². The largest absolute Gasteiger partial charge is 0.355 e. The van der Waals surface area contributed by atoms with Crippen LogP contribution >= 0.6 is 11.8 Å². The van der Waals surface area contributed by atoms with E-state index in [1.165, 1.54) is 11.8 Å². The van der Waals surface area contributed by atoms with Crippen LogP contribution in [0, 0.1) is 5.92 Å². The van der Waals surface area contributed by atoms with Crippen molar-refractivity contribution < 1.29 is 4.79 Å². The highest BCUT2D eigenvalue weighted by Crippen LogP contribution is 2.36. The van der Waals surface area contributed by atoms with E-state index in [0.29, 0.717) is 17.6 Å². The second-order valence-corrected chi connectivity index (χ2v) is 6.62. The Balaban J connectivity index is 1.97. The summed E-state index contributed by atoms with van der Waals surface area (Å²) in [6, 6.07) is 0.264. The van der Waals surface area contributed by atoms with Gasteiger partial charge in [0.15, 0.2) is 5.16 Å². The summed E-state index contributed by atoms with van der Waals surface area (Å²) < 4.78 is 1.66. The van der Waals surface area contributed by atoms with E-state index < -0.39 is 0 Å². The zero-order valence-corrected chi connectivity index (χ0v) is 12.3. The number of hydrogen-bond donors (Lipinski definition) is 2. The summed E-state index contributed by atoms with van der Waals surface area (Å²) in [6.45, 7) is 6.60. The molecular weight excluding hydrogens is 264 g/mol. The molecule has 0 bridgehead atoms. The first-order valence-electron chi connectivity index (χ1n) is 6.60. The molecule has 6 nitrogen and oxygen atoms in total. The van der Waals surface area contributed by atoms with Crippen molar-refractivity contribution in [3.63, 3.8) is 0 Å². The molecule has 1 heterocycles. The molecule has 1 aromatic rings. The van der Waals surface area contributed by atoms with Gasteiger partial charge in [-0.2, -0.15) is 0 Å². The maximum Gasteiger partial charge on any atom is 0.344 e. The van der Waals surface area contributed by atoms with Gasteiger partial charge in [-0.15, -0.1) is 5.10 Å². The number of rotatable bonds is 6. The Bertz CT molecular complexity index is 504. The van der Waals surface area contributed by atoms with E-state index in [1.807, 2.05) is 6.92 Å². The molecule has 0 unspecified atom stereocenters. The lowest BCUT2D eigenvalue weighted by Crippen LogP contribution is -2.33. The van der Waals surface area contributed by atoms with Crippen LogP contribution in [-0.4, -0.2) is 32.5 Å². The maximum absolute atomic E-state index is 11.9. The fourth-order valence-corrected chi connectivity index (χ4v) is 2.64. The lowest BCUT2D eigenvalue weighted by atomic mass is 10.2. The minimum Gasteiger partial charge on any atom is -0.355 e. The average molecular weight is 284 g/mol. The van der Waals surface area contributed by atoms with Crippen LogP contribution in [0.25, 0.3) is 0 Å². The van der Waals surface area contributed by atoms with Crippen molar-refractivity contribution in [3.05, 3.63) is 10.5 Å². The molecule has 1 aliphatic carbocycles. The Kier molecular flexibility index (Phi) is 4.34. The number of hydrogen-bond acceptors (Lipinski definition) is 4. The zero-order valence-electron chi connectivity index (χ0n) is 11.5. The number of thioether (sulfide) groups is 1. The molecule has 0 aromatic carbocycles. The molecule has 2 N–H and O–H groups in total. The first-order chi connectivity index (χ1) is 8.99. The van der Waals surface area contributed by atoms with E-state index in [4.69, 9.17) is 0 Å². The predicted octanol–water partition coefficient (Wildman–Crippen LogP) is 1.16. The van der Waals surface area contributed by atoms with Crippen LogP contribution in [0.1, 0.15) is 39.7 Å². The number of nitrogens with one attached hydrogen (secondary N) is 2. The Morgan fingerprint density at radius 3 is 2.79 bits per heavy atom. The van der Waals surface area contributed by atoms with Crippen LogP contribution < -0.4 is 11.0 Å². The summed E-state index contributed by atoms with van der Waals surface area (Å²) in [5, 5.41) is 9.70. The maximum atomic E-state index is 11.9. The monoisotopic (exact) mass is 284 g/mol. The number of carbonyl (C=O) groups excluding carboxylic acids is 1.